The molecule has 7 nitrogen and oxygen atoms in total. The van der Waals surface area contributed by atoms with Crippen LogP contribution in [0.3, 0.4) is 0 Å². The lowest BCUT2D eigenvalue weighted by Gasteiger charge is -2.37. The molecule has 3 unspecified atom stereocenters. The Balaban J connectivity index is 1.39. The number of carbonyl (C=O) groups excluding carboxylic acids is 2. The van der Waals surface area contributed by atoms with Crippen molar-refractivity contribution in [2.45, 2.75) is 30.8 Å². The third kappa shape index (κ3) is 2.50. The van der Waals surface area contributed by atoms with Gasteiger partial charge >= 0.3 is 0 Å². The zero-order valence-electron chi connectivity index (χ0n) is 17.5. The molecule has 4 aliphatic rings. The van der Waals surface area contributed by atoms with Crippen LogP contribution in [0.2, 0.25) is 0 Å². The van der Waals surface area contributed by atoms with E-state index in [4.69, 9.17) is 9.47 Å². The highest BCUT2D eigenvalue weighted by Gasteiger charge is 2.66. The number of benzene rings is 2. The van der Waals surface area contributed by atoms with E-state index in [1.54, 1.807) is 11.0 Å². The second-order valence-electron chi connectivity index (χ2n) is 8.77. The van der Waals surface area contributed by atoms with E-state index in [1.807, 2.05) is 43.4 Å². The van der Waals surface area contributed by atoms with Crippen molar-refractivity contribution < 1.29 is 19.1 Å². The Labute approximate surface area is 180 Å². The van der Waals surface area contributed by atoms with Gasteiger partial charge in [-0.2, -0.15) is 0 Å². The predicted octanol–water partition coefficient (Wildman–Crippen LogP) is 2.75. The van der Waals surface area contributed by atoms with Crippen molar-refractivity contribution in [3.05, 3.63) is 48.0 Å². The van der Waals surface area contributed by atoms with E-state index >= 15 is 0 Å². The minimum Gasteiger partial charge on any atom is -0.486 e. The molecule has 0 bridgehead atoms. The maximum absolute atomic E-state index is 13.8. The molecule has 4 heterocycles. The van der Waals surface area contributed by atoms with Crippen LogP contribution in [0.25, 0.3) is 0 Å². The van der Waals surface area contributed by atoms with Gasteiger partial charge in [-0.3, -0.25) is 14.5 Å². The van der Waals surface area contributed by atoms with Crippen LogP contribution < -0.4 is 19.7 Å². The molecule has 6 rings (SSSR count). The van der Waals surface area contributed by atoms with Crippen molar-refractivity contribution in [1.82, 2.24) is 4.90 Å². The Morgan fingerprint density at radius 3 is 2.81 bits per heavy atom. The van der Waals surface area contributed by atoms with E-state index in [0.717, 1.165) is 30.6 Å². The first-order valence-corrected chi connectivity index (χ1v) is 11.0. The number of amides is 2. The van der Waals surface area contributed by atoms with Crippen molar-refractivity contribution in [3.8, 4) is 11.5 Å². The second kappa shape index (κ2) is 6.72. The fourth-order valence-corrected chi connectivity index (χ4v) is 6.02. The normalized spacial score (nSPS) is 28.7. The lowest BCUT2D eigenvalue weighted by atomic mass is 9.78. The van der Waals surface area contributed by atoms with Gasteiger partial charge in [0.25, 0.3) is 5.91 Å². The number of fused-ring (bicyclic) bond motifs is 5. The summed E-state index contributed by atoms with van der Waals surface area (Å²) in [6, 6.07) is 13.6. The molecular formula is C24H25N3O4. The molecule has 160 valence electrons. The maximum atomic E-state index is 13.8. The number of nitrogens with zero attached hydrogens (tertiary/aromatic N) is 2. The summed E-state index contributed by atoms with van der Waals surface area (Å²) >= 11 is 0. The molecule has 0 radical (unpaired) electrons. The smallest absolute Gasteiger partial charge is 0.252 e. The van der Waals surface area contributed by atoms with Gasteiger partial charge in [0, 0.05) is 36.1 Å². The average molecular weight is 419 g/mol. The monoisotopic (exact) mass is 419 g/mol. The molecule has 2 saturated heterocycles. The summed E-state index contributed by atoms with van der Waals surface area (Å²) in [5.41, 5.74) is 1.58. The molecule has 3 atom stereocenters. The highest BCUT2D eigenvalue weighted by Crippen LogP contribution is 2.56. The maximum Gasteiger partial charge on any atom is 0.252 e. The van der Waals surface area contributed by atoms with E-state index in [0.29, 0.717) is 36.8 Å². The summed E-state index contributed by atoms with van der Waals surface area (Å²) in [6.07, 6.45) is 2.76. The van der Waals surface area contributed by atoms with Crippen LogP contribution in [-0.2, 0) is 15.1 Å². The van der Waals surface area contributed by atoms with Gasteiger partial charge < -0.3 is 19.7 Å². The van der Waals surface area contributed by atoms with Crippen molar-refractivity contribution >= 4 is 23.2 Å². The van der Waals surface area contributed by atoms with Gasteiger partial charge in [0.15, 0.2) is 11.5 Å². The first-order valence-electron chi connectivity index (χ1n) is 11.0. The summed E-state index contributed by atoms with van der Waals surface area (Å²) in [5, 5.41) is 3.07. The molecule has 0 saturated carbocycles. The number of likely N-dealkylation sites (N-methyl/N-ethyl adjacent to an activating group) is 1. The number of ether oxygens (including phenoxy) is 2. The van der Waals surface area contributed by atoms with Crippen LogP contribution in [-0.4, -0.2) is 49.6 Å². The molecule has 4 aliphatic heterocycles. The average Bonchev–Trinajstić information content (AvgIpc) is 3.44. The highest BCUT2D eigenvalue weighted by atomic mass is 16.6. The molecule has 2 fully saturated rings. The minimum absolute atomic E-state index is 0.000393. The number of anilines is 2. The summed E-state index contributed by atoms with van der Waals surface area (Å²) in [6.45, 7) is 1.85. The molecular weight excluding hydrogens is 394 g/mol. The van der Waals surface area contributed by atoms with Crippen LogP contribution in [0, 0.1) is 5.92 Å². The first-order chi connectivity index (χ1) is 15.1. The number of para-hydroxylation sites is 1. The van der Waals surface area contributed by atoms with Gasteiger partial charge in [-0.15, -0.1) is 0 Å². The lowest BCUT2D eigenvalue weighted by Crippen LogP contribution is -2.55. The minimum atomic E-state index is -0.926. The van der Waals surface area contributed by atoms with E-state index in [-0.39, 0.29) is 17.9 Å². The van der Waals surface area contributed by atoms with Gasteiger partial charge in [0.1, 0.15) is 18.8 Å². The van der Waals surface area contributed by atoms with Crippen molar-refractivity contribution in [3.63, 3.8) is 0 Å². The molecule has 31 heavy (non-hydrogen) atoms. The lowest BCUT2D eigenvalue weighted by molar-refractivity contribution is -0.136. The zero-order valence-corrected chi connectivity index (χ0v) is 17.5. The number of hydrogen-bond acceptors (Lipinski definition) is 5. The topological polar surface area (TPSA) is 71.1 Å². The number of hydrogen-bond donors (Lipinski definition) is 1. The van der Waals surface area contributed by atoms with E-state index in [2.05, 4.69) is 10.2 Å². The van der Waals surface area contributed by atoms with Crippen molar-refractivity contribution in [1.29, 1.82) is 0 Å². The van der Waals surface area contributed by atoms with Gasteiger partial charge in [0.05, 0.1) is 5.92 Å². The number of nitrogens with one attached hydrogen (secondary N) is 1. The molecule has 2 aromatic rings. The van der Waals surface area contributed by atoms with Crippen LogP contribution in [0.1, 0.15) is 24.8 Å². The van der Waals surface area contributed by atoms with Crippen LogP contribution in [0.5, 0.6) is 11.5 Å². The van der Waals surface area contributed by atoms with Gasteiger partial charge in [-0.05, 0) is 44.0 Å². The van der Waals surface area contributed by atoms with Gasteiger partial charge in [0.2, 0.25) is 5.91 Å². The van der Waals surface area contributed by atoms with E-state index < -0.39 is 11.5 Å². The Morgan fingerprint density at radius 1 is 1.13 bits per heavy atom. The van der Waals surface area contributed by atoms with Gasteiger partial charge in [-0.1, -0.05) is 18.2 Å². The number of rotatable bonds is 2. The SMILES string of the molecule is CN1C(=O)C2(c3ccccc31)C(C(=O)Nc1ccc3c(c1)OCCO3)CC1CCCN12. The van der Waals surface area contributed by atoms with Crippen LogP contribution >= 0.6 is 0 Å². The predicted molar refractivity (Wildman–Crippen MR) is 115 cm³/mol. The molecule has 2 aromatic carbocycles. The largest absolute Gasteiger partial charge is 0.486 e. The van der Waals surface area contributed by atoms with Crippen molar-refractivity contribution in [2.24, 2.45) is 5.92 Å². The van der Waals surface area contributed by atoms with E-state index in [9.17, 15) is 9.59 Å². The molecule has 7 heteroatoms. The third-order valence-electron chi connectivity index (χ3n) is 7.28. The Morgan fingerprint density at radius 2 is 1.94 bits per heavy atom. The molecule has 0 aromatic heterocycles. The van der Waals surface area contributed by atoms with Crippen LogP contribution in [0.4, 0.5) is 11.4 Å². The summed E-state index contributed by atoms with van der Waals surface area (Å²) in [5.74, 6) is 0.742. The molecule has 0 aliphatic carbocycles. The van der Waals surface area contributed by atoms with Crippen molar-refractivity contribution in [2.75, 3.05) is 37.0 Å². The number of carbonyl (C=O) groups is 2. The summed E-state index contributed by atoms with van der Waals surface area (Å²) < 4.78 is 11.2. The Kier molecular flexibility index (Phi) is 4.05. The van der Waals surface area contributed by atoms with Crippen LogP contribution in [0.15, 0.2) is 42.5 Å². The summed E-state index contributed by atoms with van der Waals surface area (Å²) in [4.78, 5) is 31.4. The third-order valence-corrected chi connectivity index (χ3v) is 7.28. The fourth-order valence-electron chi connectivity index (χ4n) is 6.02. The highest BCUT2D eigenvalue weighted by molar-refractivity contribution is 6.11. The molecule has 1 spiro atoms. The first kappa shape index (κ1) is 18.7. The second-order valence-corrected chi connectivity index (χ2v) is 8.77. The van der Waals surface area contributed by atoms with Gasteiger partial charge in [-0.25, -0.2) is 0 Å². The zero-order chi connectivity index (χ0) is 21.2. The quantitative estimate of drug-likeness (QED) is 0.811. The summed E-state index contributed by atoms with van der Waals surface area (Å²) in [7, 11) is 1.81. The Hall–Kier alpha value is -3.06. The molecule has 2 amide bonds. The van der Waals surface area contributed by atoms with E-state index in [1.165, 1.54) is 0 Å². The standard InChI is InChI=1S/C24H25N3O4/c1-26-19-7-3-2-6-17(19)24(23(26)29)18(14-16-5-4-10-27(16)24)22(28)25-15-8-9-20-21(13-15)31-12-11-30-20/h2-3,6-9,13,16,18H,4-5,10-12,14H2,1H3,(H,25,28). The Bertz CT molecular complexity index is 1090. The fraction of sp³-hybridized carbons (Fsp3) is 0.417. The molecule has 1 N–H and O–H groups in total.